The van der Waals surface area contributed by atoms with Gasteiger partial charge in [-0.1, -0.05) is 35.5 Å². The van der Waals surface area contributed by atoms with Crippen molar-refractivity contribution in [2.75, 3.05) is 0 Å². The number of nitrogens with one attached hydrogen (secondary N) is 1. The van der Waals surface area contributed by atoms with Gasteiger partial charge >= 0.3 is 0 Å². The second-order valence-electron chi connectivity index (χ2n) is 5.38. The first-order chi connectivity index (χ1) is 9.40. The molecule has 0 saturated heterocycles. The third kappa shape index (κ3) is 3.04. The Morgan fingerprint density at radius 2 is 1.95 bits per heavy atom. The van der Waals surface area contributed by atoms with Gasteiger partial charge in [-0.25, -0.2) is 0 Å². The van der Waals surface area contributed by atoms with Crippen LogP contribution in [-0.4, -0.2) is 16.0 Å². The summed E-state index contributed by atoms with van der Waals surface area (Å²) >= 11 is 0. The van der Waals surface area contributed by atoms with Gasteiger partial charge in [0.1, 0.15) is 0 Å². The van der Waals surface area contributed by atoms with E-state index in [9.17, 15) is 4.79 Å². The van der Waals surface area contributed by atoms with Crippen LogP contribution in [0.25, 0.3) is 0 Å². The summed E-state index contributed by atoms with van der Waals surface area (Å²) in [5.41, 5.74) is 0.308. The zero-order valence-corrected chi connectivity index (χ0v) is 12.2. The normalized spacial score (nSPS) is 13.0. The van der Waals surface area contributed by atoms with E-state index in [1.165, 1.54) is 0 Å². The van der Waals surface area contributed by atoms with Crippen LogP contribution in [0.15, 0.2) is 34.9 Å². The van der Waals surface area contributed by atoms with Crippen LogP contribution in [-0.2, 0) is 10.3 Å². The third-order valence-corrected chi connectivity index (χ3v) is 3.22. The van der Waals surface area contributed by atoms with Crippen LogP contribution in [0.5, 0.6) is 0 Å². The van der Waals surface area contributed by atoms with Gasteiger partial charge in [-0.15, -0.1) is 0 Å². The summed E-state index contributed by atoms with van der Waals surface area (Å²) < 4.78 is 4.97. The van der Waals surface area contributed by atoms with E-state index in [2.05, 4.69) is 15.5 Å². The molecule has 0 fully saturated rings. The van der Waals surface area contributed by atoms with Crippen molar-refractivity contribution in [2.24, 2.45) is 0 Å². The predicted octanol–water partition coefficient (Wildman–Crippen LogP) is 2.53. The topological polar surface area (TPSA) is 68.0 Å². The molecule has 2 aromatic rings. The van der Waals surface area contributed by atoms with E-state index in [0.717, 1.165) is 5.56 Å². The highest BCUT2D eigenvalue weighted by molar-refractivity contribution is 5.83. The molecule has 20 heavy (non-hydrogen) atoms. The lowest BCUT2D eigenvalue weighted by atomic mass is 9.97. The molecule has 0 aliphatic heterocycles. The molecular weight excluding hydrogens is 254 g/mol. The van der Waals surface area contributed by atoms with E-state index in [1.54, 1.807) is 6.92 Å². The zero-order chi connectivity index (χ0) is 14.8. The van der Waals surface area contributed by atoms with Crippen LogP contribution >= 0.6 is 0 Å². The van der Waals surface area contributed by atoms with Gasteiger partial charge in [0.15, 0.2) is 5.82 Å². The van der Waals surface area contributed by atoms with E-state index in [1.807, 2.05) is 51.1 Å². The smallest absolute Gasteiger partial charge is 0.228 e. The van der Waals surface area contributed by atoms with Crippen molar-refractivity contribution in [3.63, 3.8) is 0 Å². The molecule has 0 spiro atoms. The Bertz CT molecular complexity index is 590. The number of hydrogen-bond acceptors (Lipinski definition) is 4. The summed E-state index contributed by atoms with van der Waals surface area (Å²) in [6.07, 6.45) is 0. The van der Waals surface area contributed by atoms with E-state index >= 15 is 0 Å². The van der Waals surface area contributed by atoms with Crippen LogP contribution in [0.2, 0.25) is 0 Å². The first kappa shape index (κ1) is 14.2. The molecular formula is C15H19N3O2. The number of rotatable bonds is 4. The van der Waals surface area contributed by atoms with E-state index in [-0.39, 0.29) is 11.8 Å². The van der Waals surface area contributed by atoms with Gasteiger partial charge in [-0.3, -0.25) is 4.79 Å². The van der Waals surface area contributed by atoms with Gasteiger partial charge in [0, 0.05) is 6.92 Å². The fourth-order valence-corrected chi connectivity index (χ4v) is 1.92. The summed E-state index contributed by atoms with van der Waals surface area (Å²) in [4.78, 5) is 16.5. The Hall–Kier alpha value is -2.17. The molecule has 1 heterocycles. The summed E-state index contributed by atoms with van der Waals surface area (Å²) in [6, 6.07) is 9.66. The van der Waals surface area contributed by atoms with Crippen LogP contribution < -0.4 is 5.32 Å². The third-order valence-electron chi connectivity index (χ3n) is 3.22. The average molecular weight is 273 g/mol. The maximum absolute atomic E-state index is 12.3. The molecule has 1 amide bonds. The predicted molar refractivity (Wildman–Crippen MR) is 75.1 cm³/mol. The molecule has 0 aliphatic rings. The number of nitrogens with zero attached hydrogens (tertiary/aromatic N) is 2. The second kappa shape index (κ2) is 5.45. The molecule has 0 radical (unpaired) electrons. The molecule has 1 aromatic carbocycles. The molecule has 0 unspecified atom stereocenters. The highest BCUT2D eigenvalue weighted by atomic mass is 16.5. The molecule has 106 valence electrons. The molecule has 0 aliphatic carbocycles. The van der Waals surface area contributed by atoms with Crippen molar-refractivity contribution < 1.29 is 9.32 Å². The molecule has 5 nitrogen and oxygen atoms in total. The fourth-order valence-electron chi connectivity index (χ4n) is 1.92. The van der Waals surface area contributed by atoms with Crippen molar-refractivity contribution in [2.45, 2.75) is 39.2 Å². The minimum atomic E-state index is -0.669. The Labute approximate surface area is 118 Å². The highest BCUT2D eigenvalue weighted by Gasteiger charge is 2.30. The average Bonchev–Trinajstić information content (AvgIpc) is 2.86. The first-order valence-electron chi connectivity index (χ1n) is 6.58. The molecule has 0 saturated carbocycles. The molecule has 2 rings (SSSR count). The quantitative estimate of drug-likeness (QED) is 0.929. The Morgan fingerprint density at radius 1 is 1.30 bits per heavy atom. The summed E-state index contributed by atoms with van der Waals surface area (Å²) in [5, 5.41) is 6.83. The van der Waals surface area contributed by atoms with Crippen molar-refractivity contribution in [3.8, 4) is 0 Å². The van der Waals surface area contributed by atoms with Gasteiger partial charge in [-0.05, 0) is 26.3 Å². The number of aryl methyl sites for hydroxylation is 1. The zero-order valence-electron chi connectivity index (χ0n) is 12.2. The van der Waals surface area contributed by atoms with Crippen molar-refractivity contribution in [1.82, 2.24) is 15.5 Å². The van der Waals surface area contributed by atoms with Crippen molar-refractivity contribution in [3.05, 3.63) is 47.6 Å². The number of aromatic nitrogens is 2. The molecule has 5 heteroatoms. The van der Waals surface area contributed by atoms with Crippen molar-refractivity contribution in [1.29, 1.82) is 0 Å². The van der Waals surface area contributed by atoms with Gasteiger partial charge in [0.25, 0.3) is 0 Å². The van der Waals surface area contributed by atoms with Gasteiger partial charge < -0.3 is 9.84 Å². The Kier molecular flexibility index (Phi) is 3.88. The molecule has 0 bridgehead atoms. The van der Waals surface area contributed by atoms with E-state index in [0.29, 0.717) is 11.7 Å². The number of benzene rings is 1. The summed E-state index contributed by atoms with van der Waals surface area (Å²) in [6.45, 7) is 7.31. The number of carbonyl (C=O) groups excluding carboxylic acids is 1. The standard InChI is InChI=1S/C15H19N3O2/c1-10(12-8-6-5-7-9-12)13(19)17-15(3,4)14-16-11(2)20-18-14/h5-10H,1-4H3,(H,17,19)/t10-/m1/s1. The summed E-state index contributed by atoms with van der Waals surface area (Å²) in [7, 11) is 0. The lowest BCUT2D eigenvalue weighted by Crippen LogP contribution is -2.43. The summed E-state index contributed by atoms with van der Waals surface area (Å²) in [5.74, 6) is 0.661. The molecule has 1 N–H and O–H groups in total. The van der Waals surface area contributed by atoms with Gasteiger partial charge in [0.05, 0.1) is 11.5 Å². The highest BCUT2D eigenvalue weighted by Crippen LogP contribution is 2.20. The van der Waals surface area contributed by atoms with Gasteiger partial charge in [-0.2, -0.15) is 4.98 Å². The largest absolute Gasteiger partial charge is 0.343 e. The number of carbonyl (C=O) groups is 1. The van der Waals surface area contributed by atoms with E-state index in [4.69, 9.17) is 4.52 Å². The van der Waals surface area contributed by atoms with Crippen LogP contribution in [0.4, 0.5) is 0 Å². The Morgan fingerprint density at radius 3 is 2.50 bits per heavy atom. The SMILES string of the molecule is Cc1nc(C(C)(C)NC(=O)[C@H](C)c2ccccc2)no1. The lowest BCUT2D eigenvalue weighted by Gasteiger charge is -2.24. The molecule has 1 atom stereocenters. The first-order valence-corrected chi connectivity index (χ1v) is 6.58. The lowest BCUT2D eigenvalue weighted by molar-refractivity contribution is -0.124. The number of hydrogen-bond donors (Lipinski definition) is 1. The maximum atomic E-state index is 12.3. The Balaban J connectivity index is 2.11. The minimum absolute atomic E-state index is 0.0661. The fraction of sp³-hybridized carbons (Fsp3) is 0.400. The van der Waals surface area contributed by atoms with Crippen LogP contribution in [0, 0.1) is 6.92 Å². The van der Waals surface area contributed by atoms with Crippen LogP contribution in [0.1, 0.15) is 44.0 Å². The maximum Gasteiger partial charge on any atom is 0.228 e. The monoisotopic (exact) mass is 273 g/mol. The van der Waals surface area contributed by atoms with Gasteiger partial charge in [0.2, 0.25) is 11.8 Å². The van der Waals surface area contributed by atoms with Crippen molar-refractivity contribution >= 4 is 5.91 Å². The number of amides is 1. The van der Waals surface area contributed by atoms with E-state index < -0.39 is 5.54 Å². The van der Waals surface area contributed by atoms with Crippen LogP contribution in [0.3, 0.4) is 0 Å². The second-order valence-corrected chi connectivity index (χ2v) is 5.38. The minimum Gasteiger partial charge on any atom is -0.343 e. The molecule has 1 aromatic heterocycles.